The number of halogens is 1. The second kappa shape index (κ2) is 5.93. The van der Waals surface area contributed by atoms with E-state index in [-0.39, 0.29) is 23.1 Å². The van der Waals surface area contributed by atoms with Crippen molar-refractivity contribution in [3.63, 3.8) is 0 Å². The number of nitrogens with zero attached hydrogens (tertiary/aromatic N) is 3. The highest BCUT2D eigenvalue weighted by atomic mass is 19.1. The van der Waals surface area contributed by atoms with E-state index in [1.165, 1.54) is 23.1 Å². The lowest BCUT2D eigenvalue weighted by Crippen LogP contribution is -2.27. The van der Waals surface area contributed by atoms with Gasteiger partial charge in [0, 0.05) is 13.6 Å². The number of aromatic nitrogens is 1. The van der Waals surface area contributed by atoms with Crippen molar-refractivity contribution in [3.05, 3.63) is 65.2 Å². The molecule has 0 radical (unpaired) electrons. The molecule has 0 atom stereocenters. The Morgan fingerprint density at radius 3 is 2.65 bits per heavy atom. The number of amides is 1. The molecule has 0 aliphatic heterocycles. The molecule has 0 N–H and O–H groups in total. The summed E-state index contributed by atoms with van der Waals surface area (Å²) >= 11 is 0. The van der Waals surface area contributed by atoms with Crippen molar-refractivity contribution in [1.82, 2.24) is 9.88 Å². The topological polar surface area (TPSA) is 57.0 Å². The quantitative estimate of drug-likeness (QED) is 0.859. The second-order valence-electron chi connectivity index (χ2n) is 4.31. The van der Waals surface area contributed by atoms with Gasteiger partial charge in [-0.05, 0) is 29.8 Å². The normalized spacial score (nSPS) is 9.85. The first-order chi connectivity index (χ1) is 9.60. The Morgan fingerprint density at radius 2 is 2.00 bits per heavy atom. The average Bonchev–Trinajstić information content (AvgIpc) is 2.48. The molecule has 4 nitrogen and oxygen atoms in total. The molecule has 0 spiro atoms. The van der Waals surface area contributed by atoms with E-state index in [1.54, 1.807) is 31.3 Å². The fourth-order valence-electron chi connectivity index (χ4n) is 1.75. The van der Waals surface area contributed by atoms with Crippen LogP contribution in [0.1, 0.15) is 21.7 Å². The van der Waals surface area contributed by atoms with E-state index < -0.39 is 0 Å². The number of hydrogen-bond acceptors (Lipinski definition) is 3. The zero-order valence-electron chi connectivity index (χ0n) is 10.9. The van der Waals surface area contributed by atoms with Gasteiger partial charge in [-0.1, -0.05) is 18.2 Å². The van der Waals surface area contributed by atoms with Gasteiger partial charge in [0.15, 0.2) is 0 Å². The van der Waals surface area contributed by atoms with Crippen molar-refractivity contribution in [2.75, 3.05) is 7.05 Å². The lowest BCUT2D eigenvalue weighted by atomic mass is 10.2. The highest BCUT2D eigenvalue weighted by molar-refractivity contribution is 5.92. The van der Waals surface area contributed by atoms with Crippen LogP contribution in [0.5, 0.6) is 0 Å². The van der Waals surface area contributed by atoms with E-state index >= 15 is 0 Å². The van der Waals surface area contributed by atoms with E-state index in [1.807, 2.05) is 6.07 Å². The maximum absolute atomic E-state index is 12.8. The molecule has 1 aromatic heterocycles. The van der Waals surface area contributed by atoms with Crippen LogP contribution >= 0.6 is 0 Å². The van der Waals surface area contributed by atoms with Crippen molar-refractivity contribution < 1.29 is 9.18 Å². The standard InChI is InChI=1S/C15H12FN3O/c1-19(10-11-5-7-12(16)8-6-11)15(20)14-4-2-3-13(9-17)18-14/h2-8H,10H2,1H3. The summed E-state index contributed by atoms with van der Waals surface area (Å²) in [4.78, 5) is 17.6. The third kappa shape index (κ3) is 3.18. The van der Waals surface area contributed by atoms with Gasteiger partial charge >= 0.3 is 0 Å². The van der Waals surface area contributed by atoms with Crippen molar-refractivity contribution in [2.45, 2.75) is 6.54 Å². The van der Waals surface area contributed by atoms with Crippen molar-refractivity contribution in [2.24, 2.45) is 0 Å². The fourth-order valence-corrected chi connectivity index (χ4v) is 1.75. The Balaban J connectivity index is 2.12. The minimum atomic E-state index is -0.314. The Hall–Kier alpha value is -2.74. The lowest BCUT2D eigenvalue weighted by Gasteiger charge is -2.16. The summed E-state index contributed by atoms with van der Waals surface area (Å²) in [6.07, 6.45) is 0. The average molecular weight is 269 g/mol. The molecule has 0 saturated carbocycles. The predicted molar refractivity (Wildman–Crippen MR) is 71.1 cm³/mol. The van der Waals surface area contributed by atoms with Crippen LogP contribution in [0.3, 0.4) is 0 Å². The smallest absolute Gasteiger partial charge is 0.272 e. The number of pyridine rings is 1. The lowest BCUT2D eigenvalue weighted by molar-refractivity contribution is 0.0779. The number of benzene rings is 1. The van der Waals surface area contributed by atoms with Crippen molar-refractivity contribution in [3.8, 4) is 6.07 Å². The molecular weight excluding hydrogens is 257 g/mol. The van der Waals surface area contributed by atoms with Gasteiger partial charge < -0.3 is 4.90 Å². The molecule has 1 heterocycles. The fraction of sp³-hybridized carbons (Fsp3) is 0.133. The van der Waals surface area contributed by atoms with Crippen LogP contribution in [0.4, 0.5) is 4.39 Å². The SMILES string of the molecule is CN(Cc1ccc(F)cc1)C(=O)c1cccc(C#N)n1. The first kappa shape index (κ1) is 13.7. The van der Waals surface area contributed by atoms with E-state index in [2.05, 4.69) is 4.98 Å². The van der Waals surface area contributed by atoms with Gasteiger partial charge in [0.05, 0.1) is 0 Å². The van der Waals surface area contributed by atoms with E-state index in [0.717, 1.165) is 5.56 Å². The molecular formula is C15H12FN3O. The van der Waals surface area contributed by atoms with Crippen molar-refractivity contribution >= 4 is 5.91 Å². The highest BCUT2D eigenvalue weighted by Crippen LogP contribution is 2.08. The summed E-state index contributed by atoms with van der Waals surface area (Å²) in [6, 6.07) is 12.6. The molecule has 100 valence electrons. The van der Waals surface area contributed by atoms with Crippen LogP contribution in [0.2, 0.25) is 0 Å². The minimum Gasteiger partial charge on any atom is -0.336 e. The third-order valence-corrected chi connectivity index (χ3v) is 2.76. The summed E-state index contributed by atoms with van der Waals surface area (Å²) < 4.78 is 12.8. The Morgan fingerprint density at radius 1 is 1.30 bits per heavy atom. The molecule has 0 bridgehead atoms. The van der Waals surface area contributed by atoms with Gasteiger partial charge in [-0.2, -0.15) is 5.26 Å². The zero-order valence-corrected chi connectivity index (χ0v) is 10.9. The molecule has 20 heavy (non-hydrogen) atoms. The molecule has 2 aromatic rings. The number of rotatable bonds is 3. The molecule has 0 saturated heterocycles. The van der Waals surface area contributed by atoms with Gasteiger partial charge in [0.1, 0.15) is 23.3 Å². The summed E-state index contributed by atoms with van der Waals surface area (Å²) in [7, 11) is 1.63. The monoisotopic (exact) mass is 269 g/mol. The molecule has 1 amide bonds. The highest BCUT2D eigenvalue weighted by Gasteiger charge is 2.13. The van der Waals surface area contributed by atoms with Crippen LogP contribution in [-0.2, 0) is 6.54 Å². The van der Waals surface area contributed by atoms with Crippen LogP contribution < -0.4 is 0 Å². The van der Waals surface area contributed by atoms with Crippen LogP contribution in [0.15, 0.2) is 42.5 Å². The molecule has 1 aromatic carbocycles. The molecule has 0 aliphatic carbocycles. The molecule has 2 rings (SSSR count). The second-order valence-corrected chi connectivity index (χ2v) is 4.31. The van der Waals surface area contributed by atoms with Crippen LogP contribution in [-0.4, -0.2) is 22.8 Å². The predicted octanol–water partition coefficient (Wildman–Crippen LogP) is 2.36. The summed E-state index contributed by atoms with van der Waals surface area (Å²) in [5.74, 6) is -0.599. The molecule has 0 fully saturated rings. The van der Waals surface area contributed by atoms with E-state index in [4.69, 9.17) is 5.26 Å². The number of carbonyl (C=O) groups excluding carboxylic acids is 1. The van der Waals surface area contributed by atoms with E-state index in [9.17, 15) is 9.18 Å². The Kier molecular flexibility index (Phi) is 4.06. The van der Waals surface area contributed by atoms with Gasteiger partial charge in [-0.25, -0.2) is 9.37 Å². The Bertz CT molecular complexity index is 662. The zero-order chi connectivity index (χ0) is 14.5. The number of hydrogen-bond donors (Lipinski definition) is 0. The molecule has 0 aliphatic rings. The summed E-state index contributed by atoms with van der Waals surface area (Å²) in [6.45, 7) is 0.345. The third-order valence-electron chi connectivity index (χ3n) is 2.76. The summed E-state index contributed by atoms with van der Waals surface area (Å²) in [5.41, 5.74) is 1.23. The molecule has 5 heteroatoms. The van der Waals surface area contributed by atoms with Crippen molar-refractivity contribution in [1.29, 1.82) is 5.26 Å². The minimum absolute atomic E-state index is 0.200. The van der Waals surface area contributed by atoms with Gasteiger partial charge in [0.2, 0.25) is 0 Å². The largest absolute Gasteiger partial charge is 0.336 e. The maximum Gasteiger partial charge on any atom is 0.272 e. The first-order valence-corrected chi connectivity index (χ1v) is 5.97. The maximum atomic E-state index is 12.8. The van der Waals surface area contributed by atoms with Gasteiger partial charge in [-0.3, -0.25) is 4.79 Å². The van der Waals surface area contributed by atoms with Gasteiger partial charge in [-0.15, -0.1) is 0 Å². The number of nitriles is 1. The summed E-state index contributed by atoms with van der Waals surface area (Å²) in [5, 5.41) is 8.77. The Labute approximate surface area is 116 Å². The first-order valence-electron chi connectivity index (χ1n) is 5.97. The van der Waals surface area contributed by atoms with Gasteiger partial charge in [0.25, 0.3) is 5.91 Å². The van der Waals surface area contributed by atoms with Crippen LogP contribution in [0.25, 0.3) is 0 Å². The molecule has 0 unspecified atom stereocenters. The number of carbonyl (C=O) groups is 1. The van der Waals surface area contributed by atoms with E-state index in [0.29, 0.717) is 6.54 Å². The van der Waals surface area contributed by atoms with Crippen LogP contribution in [0, 0.1) is 17.1 Å².